The second-order valence-corrected chi connectivity index (χ2v) is 9.28. The van der Waals surface area contributed by atoms with Crippen LogP contribution in [0, 0.1) is 12.8 Å². The average molecular weight is 501 g/mol. The summed E-state index contributed by atoms with van der Waals surface area (Å²) < 4.78 is 0. The van der Waals surface area contributed by atoms with Crippen LogP contribution in [-0.4, -0.2) is 58.2 Å². The van der Waals surface area contributed by atoms with Gasteiger partial charge in [-0.25, -0.2) is 0 Å². The summed E-state index contributed by atoms with van der Waals surface area (Å²) in [5.41, 5.74) is 2.16. The summed E-state index contributed by atoms with van der Waals surface area (Å²) in [6.45, 7) is 7.22. The molecule has 2 atom stereocenters. The van der Waals surface area contributed by atoms with E-state index in [9.17, 15) is 29.1 Å². The van der Waals surface area contributed by atoms with E-state index >= 15 is 0 Å². The Morgan fingerprint density at radius 1 is 0.944 bits per heavy atom. The number of aryl methyl sites for hydroxylation is 1. The molecule has 196 valence electrons. The van der Waals surface area contributed by atoms with Crippen LogP contribution >= 0.6 is 0 Å². The molecule has 0 aliphatic carbocycles. The van der Waals surface area contributed by atoms with Crippen molar-refractivity contribution in [3.8, 4) is 0 Å². The van der Waals surface area contributed by atoms with Crippen LogP contribution in [0.25, 0.3) is 0 Å². The van der Waals surface area contributed by atoms with Gasteiger partial charge < -0.3 is 21.1 Å². The van der Waals surface area contributed by atoms with Gasteiger partial charge in [0, 0.05) is 30.8 Å². The molecular formula is C26H36N4O6. The van der Waals surface area contributed by atoms with E-state index in [4.69, 9.17) is 0 Å². The van der Waals surface area contributed by atoms with Crippen molar-refractivity contribution in [3.63, 3.8) is 0 Å². The fourth-order valence-electron chi connectivity index (χ4n) is 3.73. The molecule has 0 unspecified atom stereocenters. The number of nitrogens with one attached hydrogen (secondary N) is 3. The van der Waals surface area contributed by atoms with E-state index < -0.39 is 23.9 Å². The topological polar surface area (TPSA) is 145 Å². The van der Waals surface area contributed by atoms with Gasteiger partial charge in [0.25, 0.3) is 11.8 Å². The number of carbonyl (C=O) groups excluding carboxylic acids is 5. The summed E-state index contributed by atoms with van der Waals surface area (Å²) in [6.07, 6.45) is 4.49. The molecule has 0 saturated carbocycles. The molecule has 1 heterocycles. The van der Waals surface area contributed by atoms with Gasteiger partial charge in [0.2, 0.25) is 17.7 Å². The van der Waals surface area contributed by atoms with Gasteiger partial charge in [0.1, 0.15) is 12.1 Å². The van der Waals surface area contributed by atoms with Crippen LogP contribution in [0.3, 0.4) is 0 Å². The molecule has 5 amide bonds. The number of unbranched alkanes of at least 4 members (excludes halogenated alkanes) is 2. The number of hydrogen-bond donors (Lipinski definition) is 4. The van der Waals surface area contributed by atoms with Crippen LogP contribution in [0.4, 0.5) is 5.69 Å². The van der Waals surface area contributed by atoms with E-state index in [0.29, 0.717) is 31.5 Å². The molecule has 0 saturated heterocycles. The highest BCUT2D eigenvalue weighted by atomic mass is 16.3. The summed E-state index contributed by atoms with van der Waals surface area (Å²) in [5.74, 6) is -1.97. The smallest absolute Gasteiger partial charge is 0.253 e. The molecular weight excluding hydrogens is 464 g/mol. The number of nitrogens with zero attached hydrogens (tertiary/aromatic N) is 1. The van der Waals surface area contributed by atoms with Gasteiger partial charge in [-0.15, -0.1) is 0 Å². The number of aliphatic hydroxyl groups is 1. The van der Waals surface area contributed by atoms with Crippen molar-refractivity contribution in [2.24, 2.45) is 5.92 Å². The van der Waals surface area contributed by atoms with Crippen LogP contribution in [0.2, 0.25) is 0 Å². The molecule has 2 rings (SSSR count). The number of rotatable bonds is 13. The highest BCUT2D eigenvalue weighted by Gasteiger charge is 2.27. The SMILES string of the molecule is Cc1cc(NC(=O)[C@H](C)NC(=O)[C@@H](NC(=O)CCCCCN2C(=O)C=CC2=O)C(C)C)ccc1CO. The Morgan fingerprint density at radius 2 is 1.61 bits per heavy atom. The van der Waals surface area contributed by atoms with Crippen LogP contribution < -0.4 is 16.0 Å². The molecule has 1 aromatic rings. The first-order valence-corrected chi connectivity index (χ1v) is 12.2. The lowest BCUT2D eigenvalue weighted by Crippen LogP contribution is -2.53. The first-order chi connectivity index (χ1) is 17.0. The van der Waals surface area contributed by atoms with Crippen molar-refractivity contribution < 1.29 is 29.1 Å². The molecule has 1 aliphatic heterocycles. The van der Waals surface area contributed by atoms with Crippen LogP contribution in [0.5, 0.6) is 0 Å². The zero-order chi connectivity index (χ0) is 26.8. The van der Waals surface area contributed by atoms with Gasteiger partial charge in [0.15, 0.2) is 0 Å². The Bertz CT molecular complexity index is 1000. The highest BCUT2D eigenvalue weighted by molar-refractivity contribution is 6.12. The Balaban J connectivity index is 1.78. The number of hydrogen-bond acceptors (Lipinski definition) is 6. The number of amides is 5. The maximum atomic E-state index is 12.8. The molecule has 10 heteroatoms. The maximum Gasteiger partial charge on any atom is 0.253 e. The van der Waals surface area contributed by atoms with Crippen molar-refractivity contribution in [2.45, 2.75) is 72.1 Å². The van der Waals surface area contributed by atoms with Crippen molar-refractivity contribution in [2.75, 3.05) is 11.9 Å². The lowest BCUT2D eigenvalue weighted by molar-refractivity contribution is -0.137. The molecule has 0 bridgehead atoms. The van der Waals surface area contributed by atoms with Gasteiger partial charge in [-0.05, 0) is 55.9 Å². The minimum Gasteiger partial charge on any atom is -0.392 e. The second-order valence-electron chi connectivity index (χ2n) is 9.28. The van der Waals surface area contributed by atoms with Crippen LogP contribution in [0.1, 0.15) is 57.6 Å². The molecule has 1 aromatic carbocycles. The lowest BCUT2D eigenvalue weighted by atomic mass is 10.0. The molecule has 1 aliphatic rings. The molecule has 0 spiro atoms. The molecule has 0 radical (unpaired) electrons. The fourth-order valence-corrected chi connectivity index (χ4v) is 3.73. The molecule has 10 nitrogen and oxygen atoms in total. The Labute approximate surface area is 211 Å². The Kier molecular flexibility index (Phi) is 10.8. The summed E-state index contributed by atoms with van der Waals surface area (Å²) in [6, 6.07) is 3.51. The van der Waals surface area contributed by atoms with Crippen molar-refractivity contribution in [1.29, 1.82) is 0 Å². The van der Waals surface area contributed by atoms with Gasteiger partial charge in [0.05, 0.1) is 6.61 Å². The highest BCUT2D eigenvalue weighted by Crippen LogP contribution is 2.15. The van der Waals surface area contributed by atoms with E-state index in [1.807, 2.05) is 6.92 Å². The van der Waals surface area contributed by atoms with Crippen molar-refractivity contribution in [1.82, 2.24) is 15.5 Å². The average Bonchev–Trinajstić information content (AvgIpc) is 3.14. The maximum absolute atomic E-state index is 12.8. The number of anilines is 1. The van der Waals surface area contributed by atoms with E-state index in [2.05, 4.69) is 16.0 Å². The second kappa shape index (κ2) is 13.5. The van der Waals surface area contributed by atoms with E-state index in [1.165, 1.54) is 17.1 Å². The fraction of sp³-hybridized carbons (Fsp3) is 0.500. The third-order valence-corrected chi connectivity index (χ3v) is 5.98. The number of benzene rings is 1. The van der Waals surface area contributed by atoms with Crippen molar-refractivity contribution >= 4 is 35.2 Å². The summed E-state index contributed by atoms with van der Waals surface area (Å²) >= 11 is 0. The Morgan fingerprint density at radius 3 is 2.19 bits per heavy atom. The van der Waals surface area contributed by atoms with Crippen LogP contribution in [-0.2, 0) is 30.6 Å². The van der Waals surface area contributed by atoms with E-state index in [1.54, 1.807) is 39.0 Å². The first-order valence-electron chi connectivity index (χ1n) is 12.2. The zero-order valence-electron chi connectivity index (χ0n) is 21.3. The Hall–Kier alpha value is -3.53. The number of carbonyl (C=O) groups is 5. The monoisotopic (exact) mass is 500 g/mol. The number of aliphatic hydroxyl groups excluding tert-OH is 1. The predicted molar refractivity (Wildman–Crippen MR) is 134 cm³/mol. The van der Waals surface area contributed by atoms with Gasteiger partial charge in [-0.2, -0.15) is 0 Å². The lowest BCUT2D eigenvalue weighted by Gasteiger charge is -2.24. The molecule has 0 fully saturated rings. The predicted octanol–water partition coefficient (Wildman–Crippen LogP) is 1.56. The summed E-state index contributed by atoms with van der Waals surface area (Å²) in [7, 11) is 0. The number of imide groups is 1. The zero-order valence-corrected chi connectivity index (χ0v) is 21.3. The first kappa shape index (κ1) is 28.7. The van der Waals surface area contributed by atoms with Crippen molar-refractivity contribution in [3.05, 3.63) is 41.5 Å². The minimum absolute atomic E-state index is 0.0901. The molecule has 0 aromatic heterocycles. The van der Waals surface area contributed by atoms with Crippen LogP contribution in [0.15, 0.2) is 30.4 Å². The third-order valence-electron chi connectivity index (χ3n) is 5.98. The summed E-state index contributed by atoms with van der Waals surface area (Å²) in [5, 5.41) is 17.4. The van der Waals surface area contributed by atoms with E-state index in [0.717, 1.165) is 11.1 Å². The minimum atomic E-state index is -0.834. The normalized spacial score (nSPS) is 14.7. The van der Waals surface area contributed by atoms with Gasteiger partial charge >= 0.3 is 0 Å². The third kappa shape index (κ3) is 8.30. The largest absolute Gasteiger partial charge is 0.392 e. The standard InChI is InChI=1S/C26H36N4O6/c1-16(2)24(29-21(32)8-6-5-7-13-30-22(33)11-12-23(30)34)26(36)27-18(4)25(35)28-20-10-9-19(15-31)17(3)14-20/h9-12,14,16,18,24,31H,5-8,13,15H2,1-4H3,(H,27,36)(H,28,35)(H,29,32)/t18-,24-/m0/s1. The summed E-state index contributed by atoms with van der Waals surface area (Å²) in [4.78, 5) is 62.0. The molecule has 36 heavy (non-hydrogen) atoms. The van der Waals surface area contributed by atoms with Gasteiger partial charge in [-0.1, -0.05) is 26.3 Å². The molecule has 4 N–H and O–H groups in total. The van der Waals surface area contributed by atoms with E-state index in [-0.39, 0.29) is 36.7 Å². The van der Waals surface area contributed by atoms with Gasteiger partial charge in [-0.3, -0.25) is 28.9 Å². The quantitative estimate of drug-likeness (QED) is 0.239.